The van der Waals surface area contributed by atoms with Crippen molar-refractivity contribution in [1.82, 2.24) is 0 Å². The highest BCUT2D eigenvalue weighted by atomic mass is 19.4. The number of hydrogen-bond donors (Lipinski definition) is 0. The summed E-state index contributed by atoms with van der Waals surface area (Å²) in [6, 6.07) is 8.24. The Morgan fingerprint density at radius 3 is 1.95 bits per heavy atom. The molecule has 0 atom stereocenters. The van der Waals surface area contributed by atoms with E-state index >= 15 is 0 Å². The van der Waals surface area contributed by atoms with E-state index in [9.17, 15) is 26.3 Å². The van der Waals surface area contributed by atoms with Crippen LogP contribution in [0.2, 0.25) is 0 Å². The Morgan fingerprint density at radius 2 is 1.41 bits per heavy atom. The molecule has 0 saturated heterocycles. The fraction of sp³-hybridized carbons (Fsp3) is 0.133. The van der Waals surface area contributed by atoms with Crippen LogP contribution in [-0.4, -0.2) is 0 Å². The highest BCUT2D eigenvalue weighted by Crippen LogP contribution is 2.35. The van der Waals surface area contributed by atoms with Crippen molar-refractivity contribution >= 4 is 0 Å². The first-order valence-electron chi connectivity index (χ1n) is 5.92. The number of alkyl halides is 6. The Kier molecular flexibility index (Phi) is 3.88. The Bertz CT molecular complexity index is 737. The van der Waals surface area contributed by atoms with Gasteiger partial charge < -0.3 is 0 Å². The number of hydrogen-bond acceptors (Lipinski definition) is 1. The predicted molar refractivity (Wildman–Crippen MR) is 66.6 cm³/mol. The lowest BCUT2D eigenvalue weighted by molar-refractivity contribution is -0.138. The first-order valence-corrected chi connectivity index (χ1v) is 5.92. The molecular weight excluding hydrogens is 308 g/mol. The normalized spacial score (nSPS) is 12.0. The number of rotatable bonds is 1. The van der Waals surface area contributed by atoms with E-state index in [0.29, 0.717) is 6.07 Å². The largest absolute Gasteiger partial charge is 0.417 e. The second-order valence-corrected chi connectivity index (χ2v) is 4.45. The smallest absolute Gasteiger partial charge is 0.192 e. The minimum atomic E-state index is -4.70. The minimum Gasteiger partial charge on any atom is -0.192 e. The third-order valence-corrected chi connectivity index (χ3v) is 2.97. The van der Waals surface area contributed by atoms with Crippen molar-refractivity contribution in [2.45, 2.75) is 12.4 Å². The topological polar surface area (TPSA) is 23.8 Å². The lowest BCUT2D eigenvalue weighted by Crippen LogP contribution is -2.08. The van der Waals surface area contributed by atoms with Crippen molar-refractivity contribution in [3.05, 3.63) is 59.2 Å². The zero-order valence-corrected chi connectivity index (χ0v) is 10.8. The van der Waals surface area contributed by atoms with Crippen LogP contribution in [0.3, 0.4) is 0 Å². The highest BCUT2D eigenvalue weighted by molar-refractivity contribution is 5.67. The summed E-state index contributed by atoms with van der Waals surface area (Å²) < 4.78 is 76.0. The molecule has 0 spiro atoms. The standard InChI is InChI=1S/C15H7F6N/c16-14(17,18)12-3-1-2-9(7-12)10-4-5-13(15(19,20)21)11(6-10)8-22/h1-7H. The summed E-state index contributed by atoms with van der Waals surface area (Å²) in [4.78, 5) is 0. The van der Waals surface area contributed by atoms with E-state index in [0.717, 1.165) is 30.3 Å². The van der Waals surface area contributed by atoms with Crippen LogP contribution in [0.5, 0.6) is 0 Å². The van der Waals surface area contributed by atoms with E-state index < -0.39 is 29.0 Å². The van der Waals surface area contributed by atoms with Crippen molar-refractivity contribution in [2.75, 3.05) is 0 Å². The van der Waals surface area contributed by atoms with Gasteiger partial charge in [0.2, 0.25) is 0 Å². The molecule has 0 aliphatic rings. The summed E-state index contributed by atoms with van der Waals surface area (Å²) in [5.41, 5.74) is -2.48. The van der Waals surface area contributed by atoms with Gasteiger partial charge in [-0.1, -0.05) is 18.2 Å². The Balaban J connectivity index is 2.54. The van der Waals surface area contributed by atoms with Crippen LogP contribution in [0.1, 0.15) is 16.7 Å². The molecule has 0 aromatic heterocycles. The molecule has 114 valence electrons. The first-order chi connectivity index (χ1) is 10.1. The Labute approximate surface area is 121 Å². The van der Waals surface area contributed by atoms with Crippen molar-refractivity contribution in [3.63, 3.8) is 0 Å². The molecule has 0 fully saturated rings. The lowest BCUT2D eigenvalue weighted by atomic mass is 9.98. The molecule has 22 heavy (non-hydrogen) atoms. The number of halogens is 6. The van der Waals surface area contributed by atoms with Crippen LogP contribution in [0.15, 0.2) is 42.5 Å². The average Bonchev–Trinajstić information content (AvgIpc) is 2.45. The number of nitrogens with zero attached hydrogens (tertiary/aromatic N) is 1. The zero-order valence-electron chi connectivity index (χ0n) is 10.8. The minimum absolute atomic E-state index is 0.0834. The molecule has 0 aliphatic heterocycles. The van der Waals surface area contributed by atoms with Crippen LogP contribution in [0.25, 0.3) is 11.1 Å². The van der Waals surface area contributed by atoms with Crippen molar-refractivity contribution < 1.29 is 26.3 Å². The van der Waals surface area contributed by atoms with Gasteiger partial charge in [-0.3, -0.25) is 0 Å². The molecule has 2 aromatic carbocycles. The molecule has 0 aliphatic carbocycles. The summed E-state index contributed by atoms with van der Waals surface area (Å²) in [6.45, 7) is 0. The highest BCUT2D eigenvalue weighted by Gasteiger charge is 2.34. The molecule has 0 N–H and O–H groups in total. The van der Waals surface area contributed by atoms with Crippen LogP contribution in [0, 0.1) is 11.3 Å². The molecule has 0 amide bonds. The number of benzene rings is 2. The van der Waals surface area contributed by atoms with Gasteiger partial charge in [-0.05, 0) is 35.4 Å². The van der Waals surface area contributed by atoms with Crippen LogP contribution in [0.4, 0.5) is 26.3 Å². The third-order valence-electron chi connectivity index (χ3n) is 2.97. The van der Waals surface area contributed by atoms with E-state index in [4.69, 9.17) is 5.26 Å². The van der Waals surface area contributed by atoms with Crippen molar-refractivity contribution in [3.8, 4) is 17.2 Å². The van der Waals surface area contributed by atoms with Gasteiger partial charge in [-0.15, -0.1) is 0 Å². The molecule has 0 unspecified atom stereocenters. The summed E-state index contributed by atoms with van der Waals surface area (Å²) in [5.74, 6) is 0. The third kappa shape index (κ3) is 3.22. The molecule has 1 nitrogen and oxygen atoms in total. The fourth-order valence-electron chi connectivity index (χ4n) is 1.94. The fourth-order valence-corrected chi connectivity index (χ4v) is 1.94. The summed E-state index contributed by atoms with van der Waals surface area (Å²) >= 11 is 0. The predicted octanol–water partition coefficient (Wildman–Crippen LogP) is 5.26. The molecule has 0 heterocycles. The Hall–Kier alpha value is -2.49. The van der Waals surface area contributed by atoms with Gasteiger partial charge in [0.1, 0.15) is 0 Å². The zero-order chi connectivity index (χ0) is 16.5. The van der Waals surface area contributed by atoms with Crippen LogP contribution < -0.4 is 0 Å². The van der Waals surface area contributed by atoms with E-state index in [1.54, 1.807) is 0 Å². The maximum atomic E-state index is 12.7. The number of nitriles is 1. The van der Waals surface area contributed by atoms with E-state index in [2.05, 4.69) is 0 Å². The first kappa shape index (κ1) is 15.9. The van der Waals surface area contributed by atoms with E-state index in [-0.39, 0.29) is 11.1 Å². The van der Waals surface area contributed by atoms with Gasteiger partial charge >= 0.3 is 12.4 Å². The SMILES string of the molecule is N#Cc1cc(-c2cccc(C(F)(F)F)c2)ccc1C(F)(F)F. The van der Waals surface area contributed by atoms with E-state index in [1.807, 2.05) is 0 Å². The monoisotopic (exact) mass is 315 g/mol. The van der Waals surface area contributed by atoms with E-state index in [1.165, 1.54) is 12.1 Å². The quantitative estimate of drug-likeness (QED) is 0.658. The van der Waals surface area contributed by atoms with Crippen molar-refractivity contribution in [2.24, 2.45) is 0 Å². The van der Waals surface area contributed by atoms with Gasteiger partial charge in [0.05, 0.1) is 22.8 Å². The Morgan fingerprint density at radius 1 is 0.773 bits per heavy atom. The summed E-state index contributed by atoms with van der Waals surface area (Å²) in [6.07, 6.45) is -9.25. The van der Waals surface area contributed by atoms with Gasteiger partial charge in [-0.25, -0.2) is 0 Å². The molecule has 0 bridgehead atoms. The molecular formula is C15H7F6N. The van der Waals surface area contributed by atoms with Gasteiger partial charge in [-0.2, -0.15) is 31.6 Å². The van der Waals surface area contributed by atoms with Gasteiger partial charge in [0, 0.05) is 0 Å². The molecule has 2 rings (SSSR count). The lowest BCUT2D eigenvalue weighted by Gasteiger charge is -2.12. The maximum Gasteiger partial charge on any atom is 0.417 e. The second-order valence-electron chi connectivity index (χ2n) is 4.45. The summed E-state index contributed by atoms with van der Waals surface area (Å²) in [7, 11) is 0. The summed E-state index contributed by atoms with van der Waals surface area (Å²) in [5, 5.41) is 8.81. The van der Waals surface area contributed by atoms with Crippen LogP contribution >= 0.6 is 0 Å². The van der Waals surface area contributed by atoms with Crippen LogP contribution in [-0.2, 0) is 12.4 Å². The van der Waals surface area contributed by atoms with Gasteiger partial charge in [0.15, 0.2) is 0 Å². The average molecular weight is 315 g/mol. The molecule has 2 aromatic rings. The van der Waals surface area contributed by atoms with Crippen molar-refractivity contribution in [1.29, 1.82) is 5.26 Å². The molecule has 0 radical (unpaired) electrons. The van der Waals surface area contributed by atoms with Gasteiger partial charge in [0.25, 0.3) is 0 Å². The molecule has 0 saturated carbocycles. The molecule has 7 heteroatoms. The second kappa shape index (κ2) is 5.37. The maximum absolute atomic E-state index is 12.7.